The average Bonchev–Trinajstić information content (AvgIpc) is 2.68. The molecule has 1 aliphatic rings. The maximum Gasteiger partial charge on any atom is 0.341 e. The smallest absolute Gasteiger partial charge is 0.341 e. The Labute approximate surface area is 99.9 Å². The van der Waals surface area contributed by atoms with Gasteiger partial charge in [0.15, 0.2) is 0 Å². The van der Waals surface area contributed by atoms with E-state index >= 15 is 0 Å². The average molecular weight is 235 g/mol. The van der Waals surface area contributed by atoms with Crippen molar-refractivity contribution < 1.29 is 9.90 Å². The van der Waals surface area contributed by atoms with Crippen LogP contribution in [-0.2, 0) is 19.4 Å². The molecule has 1 N–H and O–H groups in total. The van der Waals surface area contributed by atoms with Gasteiger partial charge in [-0.15, -0.1) is 0 Å². The largest absolute Gasteiger partial charge is 0.477 e. The predicted octanol–water partition coefficient (Wildman–Crippen LogP) is 1.69. The number of carboxylic acid groups (broad SMARTS) is 1. The number of nitrogens with zero attached hydrogens (tertiary/aromatic N) is 1. The van der Waals surface area contributed by atoms with Crippen LogP contribution >= 0.6 is 0 Å². The number of carboxylic acids is 1. The molecule has 0 aliphatic heterocycles. The molecule has 1 heterocycles. The third-order valence-corrected chi connectivity index (χ3v) is 3.13. The number of aryl methyl sites for hydroxylation is 1. The topological polar surface area (TPSA) is 59.3 Å². The van der Waals surface area contributed by atoms with Crippen LogP contribution in [0.2, 0.25) is 0 Å². The second kappa shape index (κ2) is 4.35. The number of pyridine rings is 1. The summed E-state index contributed by atoms with van der Waals surface area (Å²) in [6.45, 7) is 4.66. The molecule has 0 spiro atoms. The lowest BCUT2D eigenvalue weighted by molar-refractivity contribution is 0.0694. The Morgan fingerprint density at radius 3 is 2.76 bits per heavy atom. The Morgan fingerprint density at radius 2 is 2.18 bits per heavy atom. The highest BCUT2D eigenvalue weighted by Crippen LogP contribution is 2.22. The van der Waals surface area contributed by atoms with Crippen molar-refractivity contribution in [3.8, 4) is 0 Å². The van der Waals surface area contributed by atoms with E-state index in [1.54, 1.807) is 10.6 Å². The van der Waals surface area contributed by atoms with Crippen molar-refractivity contribution >= 4 is 5.97 Å². The van der Waals surface area contributed by atoms with E-state index in [4.69, 9.17) is 5.11 Å². The van der Waals surface area contributed by atoms with E-state index in [2.05, 4.69) is 0 Å². The Morgan fingerprint density at radius 1 is 1.47 bits per heavy atom. The zero-order chi connectivity index (χ0) is 12.6. The van der Waals surface area contributed by atoms with E-state index in [0.29, 0.717) is 12.5 Å². The summed E-state index contributed by atoms with van der Waals surface area (Å²) in [6.07, 6.45) is 2.78. The van der Waals surface area contributed by atoms with E-state index < -0.39 is 5.97 Å². The van der Waals surface area contributed by atoms with E-state index in [0.717, 1.165) is 30.5 Å². The van der Waals surface area contributed by atoms with E-state index in [1.165, 1.54) is 0 Å². The Balaban J connectivity index is 2.62. The van der Waals surface area contributed by atoms with Crippen molar-refractivity contribution in [2.45, 2.75) is 39.7 Å². The van der Waals surface area contributed by atoms with Gasteiger partial charge in [0.25, 0.3) is 5.56 Å². The molecule has 0 saturated carbocycles. The molecule has 0 saturated heterocycles. The molecule has 1 aromatic heterocycles. The van der Waals surface area contributed by atoms with Gasteiger partial charge < -0.3 is 9.67 Å². The van der Waals surface area contributed by atoms with Crippen molar-refractivity contribution in [3.63, 3.8) is 0 Å². The van der Waals surface area contributed by atoms with Crippen LogP contribution in [0, 0.1) is 5.92 Å². The number of hydrogen-bond acceptors (Lipinski definition) is 2. The number of carbonyl (C=O) groups is 1. The third-order valence-electron chi connectivity index (χ3n) is 3.13. The molecule has 92 valence electrons. The second-order valence-electron chi connectivity index (χ2n) is 5.00. The number of rotatable bonds is 3. The van der Waals surface area contributed by atoms with Crippen molar-refractivity contribution in [2.24, 2.45) is 5.92 Å². The molecule has 0 bridgehead atoms. The highest BCUT2D eigenvalue weighted by Gasteiger charge is 2.22. The van der Waals surface area contributed by atoms with Crippen LogP contribution in [0.4, 0.5) is 0 Å². The van der Waals surface area contributed by atoms with E-state index in [9.17, 15) is 9.59 Å². The van der Waals surface area contributed by atoms with Crippen molar-refractivity contribution in [1.29, 1.82) is 0 Å². The van der Waals surface area contributed by atoms with Crippen LogP contribution in [0.1, 0.15) is 41.9 Å². The van der Waals surface area contributed by atoms with Crippen LogP contribution < -0.4 is 5.56 Å². The highest BCUT2D eigenvalue weighted by molar-refractivity contribution is 5.87. The summed E-state index contributed by atoms with van der Waals surface area (Å²) < 4.78 is 1.66. The normalized spacial score (nSPS) is 14.1. The maximum absolute atomic E-state index is 12.1. The first-order chi connectivity index (χ1) is 8.00. The Kier molecular flexibility index (Phi) is 3.05. The predicted molar refractivity (Wildman–Crippen MR) is 64.5 cm³/mol. The lowest BCUT2D eigenvalue weighted by Gasteiger charge is -2.15. The number of aromatic carboxylic acids is 1. The van der Waals surface area contributed by atoms with Gasteiger partial charge in [-0.1, -0.05) is 13.8 Å². The Hall–Kier alpha value is -1.58. The summed E-state index contributed by atoms with van der Waals surface area (Å²) in [7, 11) is 0. The zero-order valence-electron chi connectivity index (χ0n) is 10.2. The minimum atomic E-state index is -1.12. The van der Waals surface area contributed by atoms with Crippen LogP contribution in [-0.4, -0.2) is 15.6 Å². The summed E-state index contributed by atoms with van der Waals surface area (Å²) in [5, 5.41) is 9.04. The van der Waals surface area contributed by atoms with Crippen molar-refractivity contribution in [1.82, 2.24) is 4.57 Å². The molecule has 0 aromatic carbocycles. The van der Waals surface area contributed by atoms with Crippen LogP contribution in [0.5, 0.6) is 0 Å². The quantitative estimate of drug-likeness (QED) is 0.867. The molecule has 0 amide bonds. The monoisotopic (exact) mass is 235 g/mol. The van der Waals surface area contributed by atoms with Gasteiger partial charge in [-0.3, -0.25) is 4.79 Å². The molecule has 0 unspecified atom stereocenters. The molecule has 1 aromatic rings. The van der Waals surface area contributed by atoms with Gasteiger partial charge in [0.05, 0.1) is 0 Å². The van der Waals surface area contributed by atoms with Gasteiger partial charge in [-0.2, -0.15) is 0 Å². The van der Waals surface area contributed by atoms with Gasteiger partial charge >= 0.3 is 5.97 Å². The molecule has 4 heteroatoms. The lowest BCUT2D eigenvalue weighted by atomic mass is 10.1. The van der Waals surface area contributed by atoms with Crippen molar-refractivity contribution in [3.05, 3.63) is 33.2 Å². The summed E-state index contributed by atoms with van der Waals surface area (Å²) in [4.78, 5) is 23.1. The van der Waals surface area contributed by atoms with Gasteiger partial charge in [-0.05, 0) is 36.8 Å². The molecule has 1 aliphatic carbocycles. The van der Waals surface area contributed by atoms with Crippen molar-refractivity contribution in [2.75, 3.05) is 0 Å². The molecule has 17 heavy (non-hydrogen) atoms. The standard InChI is InChI=1S/C13H17NO3/c1-8(2)7-14-11-5-3-4-9(11)6-10(12(14)15)13(16)17/h6,8H,3-5,7H2,1-2H3,(H,16,17). The summed E-state index contributed by atoms with van der Waals surface area (Å²) >= 11 is 0. The SMILES string of the molecule is CC(C)Cn1c2c(cc(C(=O)O)c1=O)CCC2. The fourth-order valence-corrected chi connectivity index (χ4v) is 2.43. The van der Waals surface area contributed by atoms with Gasteiger partial charge in [-0.25, -0.2) is 4.79 Å². The fourth-order valence-electron chi connectivity index (χ4n) is 2.43. The molecule has 0 atom stereocenters. The molecule has 2 rings (SSSR count). The molecule has 4 nitrogen and oxygen atoms in total. The van der Waals surface area contributed by atoms with Gasteiger partial charge in [0.1, 0.15) is 5.56 Å². The highest BCUT2D eigenvalue weighted by atomic mass is 16.4. The van der Waals surface area contributed by atoms with Crippen LogP contribution in [0.15, 0.2) is 10.9 Å². The minimum Gasteiger partial charge on any atom is -0.477 e. The van der Waals surface area contributed by atoms with Crippen LogP contribution in [0.25, 0.3) is 0 Å². The lowest BCUT2D eigenvalue weighted by Crippen LogP contribution is -2.30. The second-order valence-corrected chi connectivity index (χ2v) is 5.00. The molecule has 0 fully saturated rings. The van der Waals surface area contributed by atoms with E-state index in [-0.39, 0.29) is 11.1 Å². The number of fused-ring (bicyclic) bond motifs is 1. The first-order valence-electron chi connectivity index (χ1n) is 5.99. The third kappa shape index (κ3) is 2.12. The van der Waals surface area contributed by atoms with Gasteiger partial charge in [0.2, 0.25) is 0 Å². The first-order valence-corrected chi connectivity index (χ1v) is 5.99. The van der Waals surface area contributed by atoms with Crippen LogP contribution in [0.3, 0.4) is 0 Å². The summed E-state index contributed by atoms with van der Waals surface area (Å²) in [5.41, 5.74) is 1.62. The fraction of sp³-hybridized carbons (Fsp3) is 0.538. The summed E-state index contributed by atoms with van der Waals surface area (Å²) in [5.74, 6) is -0.788. The van der Waals surface area contributed by atoms with E-state index in [1.807, 2.05) is 13.8 Å². The van der Waals surface area contributed by atoms with Gasteiger partial charge in [0, 0.05) is 12.2 Å². The first kappa shape index (κ1) is 11.9. The Bertz CT molecular complexity index is 514. The number of hydrogen-bond donors (Lipinski definition) is 1. The number of aromatic nitrogens is 1. The molecule has 0 radical (unpaired) electrons. The maximum atomic E-state index is 12.1. The minimum absolute atomic E-state index is 0.0914. The molecular weight excluding hydrogens is 218 g/mol. The summed E-state index contributed by atoms with van der Waals surface area (Å²) in [6, 6.07) is 1.56. The molecular formula is C13H17NO3. The zero-order valence-corrected chi connectivity index (χ0v) is 10.2.